The molecule has 1 aliphatic carbocycles. The number of carbonyl (C=O) groups is 1. The quantitative estimate of drug-likeness (QED) is 0.534. The van der Waals surface area contributed by atoms with Crippen molar-refractivity contribution in [3.63, 3.8) is 0 Å². The molecule has 0 bridgehead atoms. The largest absolute Gasteiger partial charge is 0.483 e. The summed E-state index contributed by atoms with van der Waals surface area (Å²) in [5.74, 6) is 1.85. The molecule has 1 saturated carbocycles. The molecule has 0 radical (unpaired) electrons. The van der Waals surface area contributed by atoms with Gasteiger partial charge in [-0.3, -0.25) is 4.79 Å². The summed E-state index contributed by atoms with van der Waals surface area (Å²) in [6.07, 6.45) is 5.59. The van der Waals surface area contributed by atoms with E-state index in [2.05, 4.69) is 21.5 Å². The zero-order chi connectivity index (χ0) is 22.5. The second kappa shape index (κ2) is 9.98. The minimum Gasteiger partial charge on any atom is -0.483 e. The van der Waals surface area contributed by atoms with Crippen molar-refractivity contribution in [1.82, 2.24) is 15.5 Å². The Balaban J connectivity index is 1.49. The molecule has 1 aliphatic rings. The highest BCUT2D eigenvalue weighted by Gasteiger charge is 2.31. The van der Waals surface area contributed by atoms with Crippen LogP contribution in [0.3, 0.4) is 0 Å². The zero-order valence-electron chi connectivity index (χ0n) is 19.1. The van der Waals surface area contributed by atoms with Gasteiger partial charge in [0, 0.05) is 5.56 Å². The number of nitrogens with zero attached hydrogens (tertiary/aromatic N) is 2. The van der Waals surface area contributed by atoms with Crippen molar-refractivity contribution in [3.05, 3.63) is 65.0 Å². The Morgan fingerprint density at radius 2 is 1.88 bits per heavy atom. The molecule has 0 aliphatic heterocycles. The number of rotatable bonds is 7. The molecule has 4 rings (SSSR count). The van der Waals surface area contributed by atoms with E-state index in [9.17, 15) is 4.79 Å². The standard InChI is InChI=1S/C26H31N3O3/c1-17-14-18(2)19(3)22(15-17)31-16-23(30)27-24(20-10-6-4-7-11-20)26-28-25(29-32-26)21-12-8-5-9-13-21/h5,8-9,12-15,20,24H,4,6-7,10-11,16H2,1-3H3,(H,27,30). The Kier molecular flexibility index (Phi) is 6.88. The minimum atomic E-state index is -0.309. The van der Waals surface area contributed by atoms with Crippen molar-refractivity contribution < 1.29 is 14.1 Å². The van der Waals surface area contributed by atoms with Crippen molar-refractivity contribution in [2.45, 2.75) is 58.9 Å². The maximum atomic E-state index is 12.9. The minimum absolute atomic E-state index is 0.0490. The smallest absolute Gasteiger partial charge is 0.258 e. The molecular weight excluding hydrogens is 402 g/mol. The van der Waals surface area contributed by atoms with E-state index < -0.39 is 0 Å². The molecule has 32 heavy (non-hydrogen) atoms. The third-order valence-electron chi connectivity index (χ3n) is 6.30. The van der Waals surface area contributed by atoms with Gasteiger partial charge >= 0.3 is 0 Å². The van der Waals surface area contributed by atoms with E-state index in [4.69, 9.17) is 9.26 Å². The molecule has 1 heterocycles. The first-order chi connectivity index (χ1) is 15.5. The van der Waals surface area contributed by atoms with Crippen molar-refractivity contribution in [3.8, 4) is 17.1 Å². The molecular formula is C26H31N3O3. The number of aromatic nitrogens is 2. The van der Waals surface area contributed by atoms with Gasteiger partial charge in [-0.25, -0.2) is 0 Å². The summed E-state index contributed by atoms with van der Waals surface area (Å²) >= 11 is 0. The molecule has 1 atom stereocenters. The number of hydrogen-bond donors (Lipinski definition) is 1. The van der Waals surface area contributed by atoms with Crippen LogP contribution in [-0.2, 0) is 4.79 Å². The van der Waals surface area contributed by atoms with Crippen LogP contribution in [0, 0.1) is 26.7 Å². The fourth-order valence-corrected chi connectivity index (χ4v) is 4.42. The number of nitrogens with one attached hydrogen (secondary N) is 1. The maximum Gasteiger partial charge on any atom is 0.258 e. The number of ether oxygens (including phenoxy) is 1. The Bertz CT molecular complexity index is 1060. The third kappa shape index (κ3) is 5.18. The maximum absolute atomic E-state index is 12.9. The zero-order valence-corrected chi connectivity index (χ0v) is 19.1. The Labute approximate surface area is 189 Å². The molecule has 3 aromatic rings. The summed E-state index contributed by atoms with van der Waals surface area (Å²) in [6, 6.07) is 13.5. The summed E-state index contributed by atoms with van der Waals surface area (Å²) in [6.45, 7) is 6.04. The summed E-state index contributed by atoms with van der Waals surface area (Å²) in [5.41, 5.74) is 4.21. The van der Waals surface area contributed by atoms with Crippen LogP contribution in [0.5, 0.6) is 5.75 Å². The van der Waals surface area contributed by atoms with Gasteiger partial charge < -0.3 is 14.6 Å². The predicted molar refractivity (Wildman–Crippen MR) is 123 cm³/mol. The molecule has 2 aromatic carbocycles. The average molecular weight is 434 g/mol. The molecule has 0 spiro atoms. The first-order valence-corrected chi connectivity index (χ1v) is 11.4. The highest BCUT2D eigenvalue weighted by atomic mass is 16.5. The summed E-state index contributed by atoms with van der Waals surface area (Å²) in [4.78, 5) is 17.5. The van der Waals surface area contributed by atoms with E-state index in [0.717, 1.165) is 53.7 Å². The second-order valence-corrected chi connectivity index (χ2v) is 8.76. The highest BCUT2D eigenvalue weighted by molar-refractivity contribution is 5.78. The third-order valence-corrected chi connectivity index (χ3v) is 6.30. The number of amides is 1. The SMILES string of the molecule is Cc1cc(C)c(C)c(OCC(=O)NC(c2nc(-c3ccccc3)no2)C2CCCCC2)c1. The van der Waals surface area contributed by atoms with E-state index in [1.807, 2.05) is 57.2 Å². The fourth-order valence-electron chi connectivity index (χ4n) is 4.42. The van der Waals surface area contributed by atoms with Crippen molar-refractivity contribution in [1.29, 1.82) is 0 Å². The highest BCUT2D eigenvalue weighted by Crippen LogP contribution is 2.34. The average Bonchev–Trinajstić information content (AvgIpc) is 3.30. The topological polar surface area (TPSA) is 77.2 Å². The number of benzene rings is 2. The number of carbonyl (C=O) groups excluding carboxylic acids is 1. The summed E-state index contributed by atoms with van der Waals surface area (Å²) in [5, 5.41) is 7.29. The van der Waals surface area contributed by atoms with Crippen LogP contribution in [0.15, 0.2) is 47.0 Å². The molecule has 1 unspecified atom stereocenters. The second-order valence-electron chi connectivity index (χ2n) is 8.76. The van der Waals surface area contributed by atoms with Crippen molar-refractivity contribution in [2.24, 2.45) is 5.92 Å². The van der Waals surface area contributed by atoms with Crippen LogP contribution in [0.25, 0.3) is 11.4 Å². The van der Waals surface area contributed by atoms with Gasteiger partial charge in [-0.1, -0.05) is 60.8 Å². The van der Waals surface area contributed by atoms with E-state index in [1.165, 1.54) is 6.42 Å². The molecule has 1 aromatic heterocycles. The van der Waals surface area contributed by atoms with Gasteiger partial charge in [-0.15, -0.1) is 0 Å². The van der Waals surface area contributed by atoms with Crippen LogP contribution in [0.1, 0.15) is 60.7 Å². The summed E-state index contributed by atoms with van der Waals surface area (Å²) < 4.78 is 11.5. The molecule has 6 heteroatoms. The Morgan fingerprint density at radius 1 is 1.12 bits per heavy atom. The number of hydrogen-bond acceptors (Lipinski definition) is 5. The van der Waals surface area contributed by atoms with Gasteiger partial charge in [-0.05, 0) is 62.3 Å². The van der Waals surface area contributed by atoms with E-state index in [1.54, 1.807) is 0 Å². The lowest BCUT2D eigenvalue weighted by Crippen LogP contribution is -2.37. The normalized spacial score (nSPS) is 15.3. The Morgan fingerprint density at radius 3 is 2.62 bits per heavy atom. The molecule has 1 fully saturated rings. The van der Waals surface area contributed by atoms with Gasteiger partial charge in [-0.2, -0.15) is 4.98 Å². The first kappa shape index (κ1) is 22.1. The molecule has 0 saturated heterocycles. The van der Waals surface area contributed by atoms with Gasteiger partial charge in [0.25, 0.3) is 5.91 Å². The van der Waals surface area contributed by atoms with Crippen molar-refractivity contribution >= 4 is 5.91 Å². The van der Waals surface area contributed by atoms with Gasteiger partial charge in [0.1, 0.15) is 11.8 Å². The lowest BCUT2D eigenvalue weighted by molar-refractivity contribution is -0.124. The van der Waals surface area contributed by atoms with Crippen LogP contribution in [-0.4, -0.2) is 22.7 Å². The van der Waals surface area contributed by atoms with Crippen LogP contribution in [0.2, 0.25) is 0 Å². The monoisotopic (exact) mass is 433 g/mol. The van der Waals surface area contributed by atoms with Crippen LogP contribution < -0.4 is 10.1 Å². The van der Waals surface area contributed by atoms with E-state index in [0.29, 0.717) is 11.7 Å². The molecule has 6 nitrogen and oxygen atoms in total. The van der Waals surface area contributed by atoms with Crippen LogP contribution >= 0.6 is 0 Å². The number of aryl methyl sites for hydroxylation is 2. The van der Waals surface area contributed by atoms with E-state index in [-0.39, 0.29) is 24.5 Å². The lowest BCUT2D eigenvalue weighted by atomic mass is 9.83. The first-order valence-electron chi connectivity index (χ1n) is 11.4. The summed E-state index contributed by atoms with van der Waals surface area (Å²) in [7, 11) is 0. The fraction of sp³-hybridized carbons (Fsp3) is 0.423. The van der Waals surface area contributed by atoms with Gasteiger partial charge in [0.2, 0.25) is 11.7 Å². The van der Waals surface area contributed by atoms with Gasteiger partial charge in [0.15, 0.2) is 6.61 Å². The molecule has 1 amide bonds. The van der Waals surface area contributed by atoms with Gasteiger partial charge in [0.05, 0.1) is 0 Å². The Hall–Kier alpha value is -3.15. The molecule has 1 N–H and O–H groups in total. The lowest BCUT2D eigenvalue weighted by Gasteiger charge is -2.28. The molecule has 168 valence electrons. The van der Waals surface area contributed by atoms with Crippen molar-refractivity contribution in [2.75, 3.05) is 6.61 Å². The predicted octanol–water partition coefficient (Wildman–Crippen LogP) is 5.48. The van der Waals surface area contributed by atoms with Crippen LogP contribution in [0.4, 0.5) is 0 Å². The van der Waals surface area contributed by atoms with E-state index >= 15 is 0 Å².